The highest BCUT2D eigenvalue weighted by molar-refractivity contribution is 4.90. The minimum Gasteiger partial charge on any atom is -0.382 e. The van der Waals surface area contributed by atoms with Gasteiger partial charge in [0, 0.05) is 26.1 Å². The predicted octanol–water partition coefficient (Wildman–Crippen LogP) is 0.853. The second-order valence-corrected chi connectivity index (χ2v) is 3.96. The number of likely N-dealkylation sites (N-methyl/N-ethyl adjacent to an activating group) is 1. The normalized spacial score (nSPS) is 15.0. The lowest BCUT2D eigenvalue weighted by molar-refractivity contribution is 0.101. The molecule has 0 fully saturated rings. The highest BCUT2D eigenvalue weighted by Crippen LogP contribution is 2.07. The molecule has 0 aliphatic heterocycles. The number of methoxy groups -OCH3 is 1. The molecular weight excluding hydrogens is 204 g/mol. The van der Waals surface area contributed by atoms with Crippen LogP contribution in [-0.4, -0.2) is 41.1 Å². The SMILES string of the molecule is CCn1ncnc1CC(CC(C)OC)NC. The van der Waals surface area contributed by atoms with Gasteiger partial charge in [-0.3, -0.25) is 4.68 Å². The molecule has 0 radical (unpaired) electrons. The maximum atomic E-state index is 5.28. The van der Waals surface area contributed by atoms with E-state index in [1.807, 2.05) is 11.7 Å². The van der Waals surface area contributed by atoms with Crippen molar-refractivity contribution in [1.82, 2.24) is 20.1 Å². The minimum atomic E-state index is 0.260. The van der Waals surface area contributed by atoms with Crippen LogP contribution in [0.2, 0.25) is 0 Å². The Morgan fingerprint density at radius 3 is 2.88 bits per heavy atom. The third kappa shape index (κ3) is 3.57. The molecule has 0 amide bonds. The van der Waals surface area contributed by atoms with Crippen LogP contribution in [0.5, 0.6) is 0 Å². The fraction of sp³-hybridized carbons (Fsp3) is 0.818. The summed E-state index contributed by atoms with van der Waals surface area (Å²) in [4.78, 5) is 4.28. The van der Waals surface area contributed by atoms with Gasteiger partial charge in [-0.15, -0.1) is 0 Å². The van der Waals surface area contributed by atoms with Crippen molar-refractivity contribution in [2.24, 2.45) is 0 Å². The van der Waals surface area contributed by atoms with Gasteiger partial charge in [0.25, 0.3) is 0 Å². The van der Waals surface area contributed by atoms with Crippen LogP contribution in [0.15, 0.2) is 6.33 Å². The van der Waals surface area contributed by atoms with Gasteiger partial charge < -0.3 is 10.1 Å². The monoisotopic (exact) mass is 226 g/mol. The Balaban J connectivity index is 2.56. The van der Waals surface area contributed by atoms with Crippen molar-refractivity contribution < 1.29 is 4.74 Å². The number of hydrogen-bond acceptors (Lipinski definition) is 4. The summed E-state index contributed by atoms with van der Waals surface area (Å²) in [5.74, 6) is 1.03. The summed E-state index contributed by atoms with van der Waals surface area (Å²) in [5, 5.41) is 7.46. The first kappa shape index (κ1) is 13.1. The second kappa shape index (κ2) is 6.60. The summed E-state index contributed by atoms with van der Waals surface area (Å²) in [6, 6.07) is 0.379. The van der Waals surface area contributed by atoms with E-state index in [1.165, 1.54) is 0 Å². The van der Waals surface area contributed by atoms with Gasteiger partial charge in [-0.1, -0.05) is 0 Å². The summed E-state index contributed by atoms with van der Waals surface area (Å²) >= 11 is 0. The summed E-state index contributed by atoms with van der Waals surface area (Å²) in [6.45, 7) is 5.02. The standard InChI is InChI=1S/C11H22N4O/c1-5-15-11(13-8-14-15)7-10(12-3)6-9(2)16-4/h8-10,12H,5-7H2,1-4H3. The van der Waals surface area contributed by atoms with E-state index in [1.54, 1.807) is 13.4 Å². The van der Waals surface area contributed by atoms with Crippen LogP contribution in [0.25, 0.3) is 0 Å². The molecule has 5 heteroatoms. The van der Waals surface area contributed by atoms with E-state index in [0.29, 0.717) is 6.04 Å². The molecule has 1 aromatic rings. The molecule has 1 rings (SSSR count). The molecule has 0 spiro atoms. The molecular formula is C11H22N4O. The number of hydrogen-bond donors (Lipinski definition) is 1. The van der Waals surface area contributed by atoms with Crippen molar-refractivity contribution in [3.63, 3.8) is 0 Å². The smallest absolute Gasteiger partial charge is 0.138 e. The van der Waals surface area contributed by atoms with Crippen LogP contribution in [-0.2, 0) is 17.7 Å². The van der Waals surface area contributed by atoms with Crippen LogP contribution < -0.4 is 5.32 Å². The van der Waals surface area contributed by atoms with E-state index >= 15 is 0 Å². The largest absolute Gasteiger partial charge is 0.382 e. The molecule has 5 nitrogen and oxygen atoms in total. The van der Waals surface area contributed by atoms with Crippen LogP contribution in [0.4, 0.5) is 0 Å². The molecule has 0 bridgehead atoms. The van der Waals surface area contributed by atoms with Gasteiger partial charge in [-0.25, -0.2) is 4.98 Å². The average Bonchev–Trinajstić information content (AvgIpc) is 2.75. The molecule has 2 atom stereocenters. The number of rotatable bonds is 7. The zero-order valence-electron chi connectivity index (χ0n) is 10.6. The molecule has 0 saturated carbocycles. The highest BCUT2D eigenvalue weighted by Gasteiger charge is 2.14. The number of aromatic nitrogens is 3. The molecule has 16 heavy (non-hydrogen) atoms. The van der Waals surface area contributed by atoms with Gasteiger partial charge in [0.05, 0.1) is 6.10 Å². The van der Waals surface area contributed by atoms with Crippen molar-refractivity contribution in [3.05, 3.63) is 12.2 Å². The van der Waals surface area contributed by atoms with Gasteiger partial charge in [0.2, 0.25) is 0 Å². The first-order chi connectivity index (χ1) is 7.71. The Bertz CT molecular complexity index is 300. The van der Waals surface area contributed by atoms with E-state index < -0.39 is 0 Å². The van der Waals surface area contributed by atoms with Crippen molar-refractivity contribution in [1.29, 1.82) is 0 Å². The molecule has 1 N–H and O–H groups in total. The minimum absolute atomic E-state index is 0.260. The van der Waals surface area contributed by atoms with Crippen molar-refractivity contribution in [3.8, 4) is 0 Å². The Kier molecular flexibility index (Phi) is 5.42. The molecule has 1 aromatic heterocycles. The van der Waals surface area contributed by atoms with Gasteiger partial charge in [-0.2, -0.15) is 5.10 Å². The van der Waals surface area contributed by atoms with E-state index in [9.17, 15) is 0 Å². The number of nitrogens with one attached hydrogen (secondary N) is 1. The van der Waals surface area contributed by atoms with Crippen LogP contribution in [0.3, 0.4) is 0 Å². The maximum absolute atomic E-state index is 5.28. The lowest BCUT2D eigenvalue weighted by atomic mass is 10.1. The molecule has 0 aromatic carbocycles. The molecule has 2 unspecified atom stereocenters. The molecule has 0 saturated heterocycles. The Labute approximate surface area is 97.2 Å². The maximum Gasteiger partial charge on any atom is 0.138 e. The molecule has 0 aliphatic rings. The van der Waals surface area contributed by atoms with E-state index in [4.69, 9.17) is 4.74 Å². The summed E-state index contributed by atoms with van der Waals surface area (Å²) in [5.41, 5.74) is 0. The molecule has 0 aliphatic carbocycles. The molecule has 92 valence electrons. The third-order valence-corrected chi connectivity index (χ3v) is 2.85. The molecule has 1 heterocycles. The zero-order valence-corrected chi connectivity index (χ0v) is 10.6. The summed E-state index contributed by atoms with van der Waals surface area (Å²) in [7, 11) is 3.71. The van der Waals surface area contributed by atoms with Crippen LogP contribution >= 0.6 is 0 Å². The first-order valence-corrected chi connectivity index (χ1v) is 5.78. The Morgan fingerprint density at radius 1 is 1.56 bits per heavy atom. The summed E-state index contributed by atoms with van der Waals surface area (Å²) < 4.78 is 7.21. The van der Waals surface area contributed by atoms with E-state index in [0.717, 1.165) is 25.2 Å². The fourth-order valence-corrected chi connectivity index (χ4v) is 1.73. The zero-order chi connectivity index (χ0) is 12.0. The van der Waals surface area contributed by atoms with Crippen molar-refractivity contribution in [2.45, 2.75) is 45.4 Å². The van der Waals surface area contributed by atoms with Crippen LogP contribution in [0, 0.1) is 0 Å². The topological polar surface area (TPSA) is 52.0 Å². The van der Waals surface area contributed by atoms with Gasteiger partial charge >= 0.3 is 0 Å². The van der Waals surface area contributed by atoms with Crippen molar-refractivity contribution >= 4 is 0 Å². The number of aryl methyl sites for hydroxylation is 1. The quantitative estimate of drug-likeness (QED) is 0.749. The average molecular weight is 226 g/mol. The fourth-order valence-electron chi connectivity index (χ4n) is 1.73. The van der Waals surface area contributed by atoms with Gasteiger partial charge in [-0.05, 0) is 27.3 Å². The Hall–Kier alpha value is -0.940. The van der Waals surface area contributed by atoms with Gasteiger partial charge in [0.15, 0.2) is 0 Å². The third-order valence-electron chi connectivity index (χ3n) is 2.85. The number of ether oxygens (including phenoxy) is 1. The second-order valence-electron chi connectivity index (χ2n) is 3.96. The number of nitrogens with zero attached hydrogens (tertiary/aromatic N) is 3. The lowest BCUT2D eigenvalue weighted by Crippen LogP contribution is -2.32. The van der Waals surface area contributed by atoms with E-state index in [-0.39, 0.29) is 6.10 Å². The first-order valence-electron chi connectivity index (χ1n) is 5.78. The van der Waals surface area contributed by atoms with Gasteiger partial charge in [0.1, 0.15) is 12.2 Å². The lowest BCUT2D eigenvalue weighted by Gasteiger charge is -2.19. The van der Waals surface area contributed by atoms with Crippen molar-refractivity contribution in [2.75, 3.05) is 14.2 Å². The summed E-state index contributed by atoms with van der Waals surface area (Å²) in [6.07, 6.45) is 3.74. The van der Waals surface area contributed by atoms with Crippen LogP contribution in [0.1, 0.15) is 26.1 Å². The highest BCUT2D eigenvalue weighted by atomic mass is 16.5. The predicted molar refractivity (Wildman–Crippen MR) is 63.3 cm³/mol. The Morgan fingerprint density at radius 2 is 2.31 bits per heavy atom. The van der Waals surface area contributed by atoms with E-state index in [2.05, 4.69) is 29.2 Å².